The van der Waals surface area contributed by atoms with E-state index >= 15 is 0 Å². The van der Waals surface area contributed by atoms with Crippen molar-refractivity contribution in [2.45, 2.75) is 96.8 Å². The van der Waals surface area contributed by atoms with E-state index in [0.717, 1.165) is 18.5 Å². The molecule has 0 aliphatic carbocycles. The highest BCUT2D eigenvalue weighted by atomic mass is 16.4. The first-order valence-corrected chi connectivity index (χ1v) is 9.51. The minimum Gasteiger partial charge on any atom is -0.476 e. The van der Waals surface area contributed by atoms with Crippen molar-refractivity contribution in [3.8, 4) is 0 Å². The molecule has 0 aliphatic rings. The van der Waals surface area contributed by atoms with E-state index in [1.807, 2.05) is 0 Å². The van der Waals surface area contributed by atoms with Crippen molar-refractivity contribution in [3.05, 3.63) is 17.5 Å². The molecule has 2 N–H and O–H groups in total. The van der Waals surface area contributed by atoms with Gasteiger partial charge in [-0.2, -0.15) is 5.10 Å². The summed E-state index contributed by atoms with van der Waals surface area (Å²) in [7, 11) is 0. The lowest BCUT2D eigenvalue weighted by atomic mass is 10.0. The summed E-state index contributed by atoms with van der Waals surface area (Å²) in [6.45, 7) is 2.27. The van der Waals surface area contributed by atoms with E-state index in [2.05, 4.69) is 17.1 Å². The van der Waals surface area contributed by atoms with Gasteiger partial charge in [-0.05, 0) is 18.9 Å². The molecule has 0 spiro atoms. The molecule has 0 saturated heterocycles. The standard InChI is InChI=1S/C19H34N2O2/c1-2-3-4-5-6-7-8-9-10-11-12-13-14-15-17-16-18(19(22)23)21-20-17/h16H,2-15H2,1H3,(H,20,21)(H,22,23). The minimum absolute atomic E-state index is 0.120. The number of hydrogen-bond acceptors (Lipinski definition) is 2. The fourth-order valence-electron chi connectivity index (χ4n) is 2.93. The van der Waals surface area contributed by atoms with Gasteiger partial charge < -0.3 is 5.11 Å². The maximum absolute atomic E-state index is 10.7. The van der Waals surface area contributed by atoms with E-state index in [-0.39, 0.29) is 5.69 Å². The van der Waals surface area contributed by atoms with Crippen molar-refractivity contribution in [1.82, 2.24) is 10.2 Å². The van der Waals surface area contributed by atoms with Crippen LogP contribution in [-0.2, 0) is 6.42 Å². The minimum atomic E-state index is -0.960. The Morgan fingerprint density at radius 3 is 1.83 bits per heavy atom. The summed E-state index contributed by atoms with van der Waals surface area (Å²) in [6, 6.07) is 1.64. The quantitative estimate of drug-likeness (QED) is 0.404. The van der Waals surface area contributed by atoms with Gasteiger partial charge in [-0.1, -0.05) is 84.0 Å². The van der Waals surface area contributed by atoms with E-state index in [9.17, 15) is 4.79 Å². The maximum atomic E-state index is 10.7. The number of aryl methyl sites for hydroxylation is 1. The van der Waals surface area contributed by atoms with Gasteiger partial charge in [0.25, 0.3) is 0 Å². The molecule has 1 heterocycles. The van der Waals surface area contributed by atoms with Crippen LogP contribution in [0.2, 0.25) is 0 Å². The van der Waals surface area contributed by atoms with Crippen LogP contribution >= 0.6 is 0 Å². The van der Waals surface area contributed by atoms with Gasteiger partial charge in [0.15, 0.2) is 5.69 Å². The van der Waals surface area contributed by atoms with Crippen molar-refractivity contribution in [2.24, 2.45) is 0 Å². The fraction of sp³-hybridized carbons (Fsp3) is 0.789. The lowest BCUT2D eigenvalue weighted by molar-refractivity contribution is 0.0690. The average molecular weight is 322 g/mol. The Labute approximate surface area is 141 Å². The van der Waals surface area contributed by atoms with Gasteiger partial charge in [-0.25, -0.2) is 4.79 Å². The maximum Gasteiger partial charge on any atom is 0.356 e. The second kappa shape index (κ2) is 13.1. The molecule has 1 aromatic heterocycles. The first kappa shape index (κ1) is 19.7. The number of aromatic nitrogens is 2. The van der Waals surface area contributed by atoms with Crippen molar-refractivity contribution < 1.29 is 9.90 Å². The van der Waals surface area contributed by atoms with Crippen LogP contribution < -0.4 is 0 Å². The van der Waals surface area contributed by atoms with Gasteiger partial charge in [0.05, 0.1) is 0 Å². The number of nitrogens with zero attached hydrogens (tertiary/aromatic N) is 1. The number of carbonyl (C=O) groups is 1. The molecule has 0 radical (unpaired) electrons. The summed E-state index contributed by atoms with van der Waals surface area (Å²) in [5, 5.41) is 15.4. The van der Waals surface area contributed by atoms with E-state index in [4.69, 9.17) is 5.11 Å². The zero-order valence-electron chi connectivity index (χ0n) is 14.8. The van der Waals surface area contributed by atoms with Crippen LogP contribution in [-0.4, -0.2) is 21.3 Å². The number of rotatable bonds is 15. The first-order valence-electron chi connectivity index (χ1n) is 9.51. The zero-order valence-corrected chi connectivity index (χ0v) is 14.8. The van der Waals surface area contributed by atoms with Crippen LogP contribution in [0, 0.1) is 0 Å². The van der Waals surface area contributed by atoms with Crippen LogP contribution in [0.5, 0.6) is 0 Å². The molecular weight excluding hydrogens is 288 g/mol. The van der Waals surface area contributed by atoms with Crippen LogP contribution in [0.25, 0.3) is 0 Å². The summed E-state index contributed by atoms with van der Waals surface area (Å²) in [5.74, 6) is -0.960. The second-order valence-corrected chi connectivity index (χ2v) is 6.58. The van der Waals surface area contributed by atoms with Gasteiger partial charge in [0.2, 0.25) is 0 Å². The largest absolute Gasteiger partial charge is 0.476 e. The van der Waals surface area contributed by atoms with E-state index in [1.54, 1.807) is 6.07 Å². The molecule has 0 unspecified atom stereocenters. The Bertz CT molecular complexity index is 415. The molecule has 1 aromatic rings. The molecule has 0 bridgehead atoms. The number of unbranched alkanes of at least 4 members (excludes halogenated alkanes) is 12. The van der Waals surface area contributed by atoms with E-state index in [0.29, 0.717) is 0 Å². The molecule has 23 heavy (non-hydrogen) atoms. The third-order valence-corrected chi connectivity index (χ3v) is 4.40. The van der Waals surface area contributed by atoms with Crippen LogP contribution in [0.15, 0.2) is 6.07 Å². The highest BCUT2D eigenvalue weighted by Crippen LogP contribution is 2.13. The van der Waals surface area contributed by atoms with Crippen molar-refractivity contribution in [2.75, 3.05) is 0 Å². The van der Waals surface area contributed by atoms with Gasteiger partial charge >= 0.3 is 5.97 Å². The first-order chi connectivity index (χ1) is 11.2. The predicted octanol–water partition coefficient (Wildman–Crippen LogP) is 5.74. The second-order valence-electron chi connectivity index (χ2n) is 6.58. The highest BCUT2D eigenvalue weighted by Gasteiger charge is 2.07. The monoisotopic (exact) mass is 322 g/mol. The molecular formula is C19H34N2O2. The summed E-state index contributed by atoms with van der Waals surface area (Å²) in [5.41, 5.74) is 1.06. The third-order valence-electron chi connectivity index (χ3n) is 4.40. The third kappa shape index (κ3) is 10.1. The zero-order chi connectivity index (χ0) is 16.8. The summed E-state index contributed by atoms with van der Waals surface area (Å²) in [6.07, 6.45) is 18.4. The van der Waals surface area contributed by atoms with Crippen molar-refractivity contribution in [3.63, 3.8) is 0 Å². The van der Waals surface area contributed by atoms with Crippen LogP contribution in [0.3, 0.4) is 0 Å². The molecule has 0 fully saturated rings. The molecule has 0 atom stereocenters. The average Bonchev–Trinajstić information content (AvgIpc) is 3.01. The normalized spacial score (nSPS) is 11.0. The van der Waals surface area contributed by atoms with E-state index < -0.39 is 5.97 Å². The van der Waals surface area contributed by atoms with Crippen molar-refractivity contribution in [1.29, 1.82) is 0 Å². The molecule has 4 heteroatoms. The van der Waals surface area contributed by atoms with Gasteiger partial charge in [-0.15, -0.1) is 0 Å². The van der Waals surface area contributed by atoms with Gasteiger partial charge in [0.1, 0.15) is 0 Å². The van der Waals surface area contributed by atoms with Crippen molar-refractivity contribution >= 4 is 5.97 Å². The Morgan fingerprint density at radius 1 is 0.913 bits per heavy atom. The summed E-state index contributed by atoms with van der Waals surface area (Å²) < 4.78 is 0. The van der Waals surface area contributed by atoms with Gasteiger partial charge in [-0.3, -0.25) is 5.10 Å². The lowest BCUT2D eigenvalue weighted by Crippen LogP contribution is -1.95. The summed E-state index contributed by atoms with van der Waals surface area (Å²) >= 11 is 0. The number of aromatic amines is 1. The Balaban J connectivity index is 1.83. The summed E-state index contributed by atoms with van der Waals surface area (Å²) in [4.78, 5) is 10.7. The molecule has 4 nitrogen and oxygen atoms in total. The SMILES string of the molecule is CCCCCCCCCCCCCCCc1cc(C(=O)O)n[nH]1. The van der Waals surface area contributed by atoms with E-state index in [1.165, 1.54) is 77.0 Å². The van der Waals surface area contributed by atoms with Crippen LogP contribution in [0.1, 0.15) is 107 Å². The lowest BCUT2D eigenvalue weighted by Gasteiger charge is -2.02. The molecule has 0 saturated carbocycles. The smallest absolute Gasteiger partial charge is 0.356 e. The molecule has 0 amide bonds. The van der Waals surface area contributed by atoms with Crippen LogP contribution in [0.4, 0.5) is 0 Å². The Morgan fingerprint density at radius 2 is 1.39 bits per heavy atom. The number of nitrogens with one attached hydrogen (secondary N) is 1. The number of hydrogen-bond donors (Lipinski definition) is 2. The highest BCUT2D eigenvalue weighted by molar-refractivity contribution is 5.85. The number of aromatic carboxylic acids is 1. The topological polar surface area (TPSA) is 66.0 Å². The fourth-order valence-corrected chi connectivity index (χ4v) is 2.93. The molecule has 0 aromatic carbocycles. The number of H-pyrrole nitrogens is 1. The Kier molecular flexibility index (Phi) is 11.3. The number of carboxylic acid groups (broad SMARTS) is 1. The molecule has 1 rings (SSSR count). The Hall–Kier alpha value is -1.32. The predicted molar refractivity (Wildman–Crippen MR) is 94.9 cm³/mol. The number of carboxylic acids is 1. The molecule has 132 valence electrons. The molecule has 0 aliphatic heterocycles. The van der Waals surface area contributed by atoms with Gasteiger partial charge in [0, 0.05) is 5.69 Å².